The number of allylic oxidation sites excluding steroid dienone is 1. The van der Waals surface area contributed by atoms with E-state index in [2.05, 4.69) is 30.4 Å². The lowest BCUT2D eigenvalue weighted by molar-refractivity contribution is 1.25. The molecule has 0 aliphatic rings. The number of hydrogen-bond donors (Lipinski definition) is 1. The molecule has 0 unspecified atom stereocenters. The van der Waals surface area contributed by atoms with Crippen molar-refractivity contribution < 1.29 is 0 Å². The number of aromatic nitrogens is 2. The van der Waals surface area contributed by atoms with Crippen molar-refractivity contribution >= 4 is 11.0 Å². The Hall–Kier alpha value is -1.57. The Morgan fingerprint density at radius 3 is 2.54 bits per heavy atom. The van der Waals surface area contributed by atoms with Crippen LogP contribution in [0.25, 0.3) is 11.0 Å². The Balaban J connectivity index is 0.000000251. The molecule has 0 aliphatic heterocycles. The zero-order valence-corrected chi connectivity index (χ0v) is 7.46. The van der Waals surface area contributed by atoms with E-state index < -0.39 is 0 Å². The maximum absolute atomic E-state index is 4.15. The lowest BCUT2D eigenvalue weighted by atomic mass is 10.3. The van der Waals surface area contributed by atoms with Crippen molar-refractivity contribution in [1.29, 1.82) is 0 Å². The molecule has 66 valence electrons. The number of para-hydroxylation sites is 2. The first-order chi connectivity index (χ1) is 6.27. The summed E-state index contributed by atoms with van der Waals surface area (Å²) in [4.78, 5) is 7.18. The second-order valence-electron chi connectivity index (χ2n) is 2.49. The number of rotatable bonds is 0. The molecule has 1 N–H and O–H groups in total. The van der Waals surface area contributed by atoms with Crippen molar-refractivity contribution in [1.82, 2.24) is 9.97 Å². The van der Waals surface area contributed by atoms with E-state index in [1.54, 1.807) is 0 Å². The van der Waals surface area contributed by atoms with Gasteiger partial charge in [0.25, 0.3) is 0 Å². The molecule has 13 heavy (non-hydrogen) atoms. The molecule has 0 atom stereocenters. The molecule has 0 fully saturated rings. The zero-order chi connectivity index (χ0) is 9.68. The number of nitrogens with zero attached hydrogens (tertiary/aromatic N) is 1. The number of nitrogens with one attached hydrogen (secondary N) is 1. The van der Waals surface area contributed by atoms with Crippen LogP contribution in [0.15, 0.2) is 36.9 Å². The smallest absolute Gasteiger partial charge is 0.107 e. The molecule has 0 spiro atoms. The fourth-order valence-corrected chi connectivity index (χ4v) is 1.01. The van der Waals surface area contributed by atoms with Gasteiger partial charge in [0.05, 0.1) is 11.0 Å². The first-order valence-corrected chi connectivity index (χ1v) is 3.94. The van der Waals surface area contributed by atoms with Gasteiger partial charge >= 0.3 is 0 Å². The minimum Gasteiger partial charge on any atom is -0.342 e. The van der Waals surface area contributed by atoms with E-state index in [0.717, 1.165) is 16.9 Å². The summed E-state index contributed by atoms with van der Waals surface area (Å²) in [6, 6.07) is 7.88. The second kappa shape index (κ2) is 4.45. The average Bonchev–Trinajstić information content (AvgIpc) is 2.45. The van der Waals surface area contributed by atoms with Crippen molar-refractivity contribution in [3.05, 3.63) is 56.6 Å². The third kappa shape index (κ3) is 2.44. The summed E-state index contributed by atoms with van der Waals surface area (Å²) >= 11 is 0. The van der Waals surface area contributed by atoms with Crippen LogP contribution >= 0.6 is 0 Å². The first-order valence-electron chi connectivity index (χ1n) is 3.94. The van der Waals surface area contributed by atoms with Gasteiger partial charge in [-0.1, -0.05) is 18.2 Å². The molecule has 2 radical (unpaired) electrons. The van der Waals surface area contributed by atoms with E-state index in [1.807, 2.05) is 24.3 Å². The van der Waals surface area contributed by atoms with Gasteiger partial charge in [-0.2, -0.15) is 0 Å². The Labute approximate surface area is 78.3 Å². The quantitative estimate of drug-likeness (QED) is 0.650. The lowest BCUT2D eigenvalue weighted by Gasteiger charge is -1.81. The highest BCUT2D eigenvalue weighted by Gasteiger charge is 1.94. The molecular formula is C11H12N2. The summed E-state index contributed by atoms with van der Waals surface area (Å²) in [5.74, 6) is 0.723. The van der Waals surface area contributed by atoms with Gasteiger partial charge < -0.3 is 4.98 Å². The molecule has 0 bridgehead atoms. The topological polar surface area (TPSA) is 28.7 Å². The molecule has 2 rings (SSSR count). The van der Waals surface area contributed by atoms with Gasteiger partial charge in [0.2, 0.25) is 0 Å². The Bertz CT molecular complexity index is 355. The summed E-state index contributed by atoms with van der Waals surface area (Å²) in [6.07, 6.45) is 1.50. The van der Waals surface area contributed by atoms with Gasteiger partial charge in [-0.25, -0.2) is 4.98 Å². The van der Waals surface area contributed by atoms with Crippen molar-refractivity contribution in [3.63, 3.8) is 0 Å². The second-order valence-corrected chi connectivity index (χ2v) is 2.49. The fourth-order valence-electron chi connectivity index (χ4n) is 1.01. The summed E-state index contributed by atoms with van der Waals surface area (Å²) in [5.41, 5.74) is 2.03. The predicted octanol–water partition coefficient (Wildman–Crippen LogP) is 2.75. The number of benzene rings is 1. The van der Waals surface area contributed by atoms with Gasteiger partial charge in [-0.05, 0) is 19.1 Å². The van der Waals surface area contributed by atoms with Gasteiger partial charge in [-0.3, -0.25) is 0 Å². The fraction of sp³-hybridized carbons (Fsp3) is 0. The summed E-state index contributed by atoms with van der Waals surface area (Å²) in [5, 5.41) is 0. The van der Waals surface area contributed by atoms with E-state index in [0.29, 0.717) is 0 Å². The SMILES string of the molecule is [CH2]C=C.[CH2]c1nc2ccccc2[nH]1. The number of fused-ring (bicyclic) bond motifs is 1. The van der Waals surface area contributed by atoms with Crippen LogP contribution in [-0.4, -0.2) is 9.97 Å². The predicted molar refractivity (Wildman–Crippen MR) is 56.1 cm³/mol. The number of imidazole rings is 1. The number of hydrogen-bond acceptors (Lipinski definition) is 1. The molecule has 1 heterocycles. The molecule has 1 aromatic carbocycles. The molecule has 0 saturated heterocycles. The number of aromatic amines is 1. The van der Waals surface area contributed by atoms with Crippen LogP contribution in [0.1, 0.15) is 5.82 Å². The van der Waals surface area contributed by atoms with Crippen molar-refractivity contribution in [2.45, 2.75) is 0 Å². The average molecular weight is 172 g/mol. The molecule has 0 amide bonds. The van der Waals surface area contributed by atoms with Gasteiger partial charge in [0.15, 0.2) is 0 Å². The normalized spacial score (nSPS) is 9.08. The van der Waals surface area contributed by atoms with Crippen LogP contribution in [0.4, 0.5) is 0 Å². The van der Waals surface area contributed by atoms with E-state index in [4.69, 9.17) is 0 Å². The van der Waals surface area contributed by atoms with E-state index in [-0.39, 0.29) is 0 Å². The van der Waals surface area contributed by atoms with Crippen LogP contribution < -0.4 is 0 Å². The van der Waals surface area contributed by atoms with Crippen LogP contribution in [0.2, 0.25) is 0 Å². The minimum absolute atomic E-state index is 0.723. The van der Waals surface area contributed by atoms with E-state index in [9.17, 15) is 0 Å². The summed E-state index contributed by atoms with van der Waals surface area (Å²) in [7, 11) is 0. The summed E-state index contributed by atoms with van der Waals surface area (Å²) in [6.45, 7) is 10.2. The lowest BCUT2D eigenvalue weighted by Crippen LogP contribution is -1.68. The van der Waals surface area contributed by atoms with Gasteiger partial charge in [-0.15, -0.1) is 6.58 Å². The molecule has 0 aliphatic carbocycles. The third-order valence-corrected chi connectivity index (χ3v) is 1.44. The Morgan fingerprint density at radius 1 is 1.31 bits per heavy atom. The van der Waals surface area contributed by atoms with Gasteiger partial charge in [0, 0.05) is 6.92 Å². The van der Waals surface area contributed by atoms with E-state index >= 15 is 0 Å². The monoisotopic (exact) mass is 172 g/mol. The van der Waals surface area contributed by atoms with Gasteiger partial charge in [0.1, 0.15) is 5.82 Å². The molecule has 2 heteroatoms. The zero-order valence-electron chi connectivity index (χ0n) is 7.46. The minimum atomic E-state index is 0.723. The largest absolute Gasteiger partial charge is 0.342 e. The van der Waals surface area contributed by atoms with Crippen molar-refractivity contribution in [3.8, 4) is 0 Å². The molecule has 0 saturated carbocycles. The van der Waals surface area contributed by atoms with Crippen LogP contribution in [0.5, 0.6) is 0 Å². The maximum Gasteiger partial charge on any atom is 0.107 e. The molecule has 2 nitrogen and oxygen atoms in total. The third-order valence-electron chi connectivity index (χ3n) is 1.44. The molecular weight excluding hydrogens is 160 g/mol. The highest BCUT2D eigenvalue weighted by Crippen LogP contribution is 2.08. The van der Waals surface area contributed by atoms with Crippen LogP contribution in [0.3, 0.4) is 0 Å². The summed E-state index contributed by atoms with van der Waals surface area (Å²) < 4.78 is 0. The van der Waals surface area contributed by atoms with Crippen molar-refractivity contribution in [2.24, 2.45) is 0 Å². The maximum atomic E-state index is 4.15. The first kappa shape index (κ1) is 9.52. The molecule has 2 aromatic rings. The van der Waals surface area contributed by atoms with Crippen LogP contribution in [0, 0.1) is 13.8 Å². The molecule has 1 aromatic heterocycles. The standard InChI is InChI=1S/C8H7N2.C3H5/c1-6-9-7-4-2-3-5-8(7)10-6;1-3-2/h2-5H,1H2,(H,9,10);3H,1-2H2. The van der Waals surface area contributed by atoms with E-state index in [1.165, 1.54) is 6.08 Å². The Kier molecular flexibility index (Phi) is 3.26. The van der Waals surface area contributed by atoms with Crippen LogP contribution in [-0.2, 0) is 0 Å². The highest BCUT2D eigenvalue weighted by molar-refractivity contribution is 5.74. The highest BCUT2D eigenvalue weighted by atomic mass is 14.9. The van der Waals surface area contributed by atoms with Crippen molar-refractivity contribution in [2.75, 3.05) is 0 Å². The Morgan fingerprint density at radius 2 is 1.92 bits per heavy atom. The number of H-pyrrole nitrogens is 1.